The second-order valence-corrected chi connectivity index (χ2v) is 8.57. The summed E-state index contributed by atoms with van der Waals surface area (Å²) in [6.45, 7) is 5.13. The van der Waals surface area contributed by atoms with E-state index >= 15 is 0 Å². The first-order valence-corrected chi connectivity index (χ1v) is 9.61. The van der Waals surface area contributed by atoms with Crippen molar-refractivity contribution in [1.29, 1.82) is 0 Å². The molecule has 2 atom stereocenters. The van der Waals surface area contributed by atoms with Crippen molar-refractivity contribution in [2.45, 2.75) is 49.7 Å². The van der Waals surface area contributed by atoms with Crippen LogP contribution >= 0.6 is 0 Å². The Morgan fingerprint density at radius 2 is 1.96 bits per heavy atom. The highest BCUT2D eigenvalue weighted by Gasteiger charge is 2.25. The fourth-order valence-electron chi connectivity index (χ4n) is 3.00. The lowest BCUT2D eigenvalue weighted by molar-refractivity contribution is -0.137. The predicted octanol–water partition coefficient (Wildman–Crippen LogP) is 2.92. The van der Waals surface area contributed by atoms with Crippen LogP contribution in [0, 0.1) is 5.92 Å². The number of carboxylic acids is 1. The topological polar surface area (TPSA) is 74.7 Å². The number of hydrogen-bond acceptors (Lipinski definition) is 3. The van der Waals surface area contributed by atoms with Crippen molar-refractivity contribution in [3.63, 3.8) is 0 Å². The minimum Gasteiger partial charge on any atom is -0.481 e. The Kier molecular flexibility index (Phi) is 6.54. The Bertz CT molecular complexity index is 612. The van der Waals surface area contributed by atoms with Crippen LogP contribution in [0.4, 0.5) is 0 Å². The summed E-state index contributed by atoms with van der Waals surface area (Å²) in [4.78, 5) is 25.9. The van der Waals surface area contributed by atoms with Gasteiger partial charge in [-0.3, -0.25) is 13.8 Å². The van der Waals surface area contributed by atoms with Crippen LogP contribution in [0.25, 0.3) is 0 Å². The van der Waals surface area contributed by atoms with Crippen LogP contribution in [-0.4, -0.2) is 44.4 Å². The number of nitrogens with zero attached hydrogens (tertiary/aromatic N) is 1. The molecule has 1 aliphatic rings. The molecular formula is C18H25NO4S. The van der Waals surface area contributed by atoms with Gasteiger partial charge in [-0.05, 0) is 49.4 Å². The molecule has 1 saturated heterocycles. The van der Waals surface area contributed by atoms with Gasteiger partial charge in [-0.15, -0.1) is 0 Å². The minimum atomic E-state index is -1.05. The summed E-state index contributed by atoms with van der Waals surface area (Å²) in [7, 11) is -1.05. The summed E-state index contributed by atoms with van der Waals surface area (Å²) in [5.74, 6) is -0.560. The zero-order valence-corrected chi connectivity index (χ0v) is 15.1. The number of aliphatic carboxylic acids is 1. The number of hydrogen-bond donors (Lipinski definition) is 1. The predicted molar refractivity (Wildman–Crippen MR) is 93.5 cm³/mol. The number of carbonyl (C=O) groups excluding carboxylic acids is 1. The van der Waals surface area contributed by atoms with Crippen LogP contribution in [0.15, 0.2) is 29.2 Å². The molecule has 0 radical (unpaired) electrons. The average molecular weight is 351 g/mol. The van der Waals surface area contributed by atoms with Gasteiger partial charge in [-0.2, -0.15) is 0 Å². The lowest BCUT2D eigenvalue weighted by Crippen LogP contribution is -2.40. The Morgan fingerprint density at radius 3 is 2.54 bits per heavy atom. The van der Waals surface area contributed by atoms with E-state index in [0.717, 1.165) is 17.7 Å². The number of rotatable bonds is 6. The Balaban J connectivity index is 2.00. The third-order valence-corrected chi connectivity index (χ3v) is 5.93. The molecule has 0 saturated carbocycles. The molecule has 24 heavy (non-hydrogen) atoms. The molecule has 132 valence electrons. The van der Waals surface area contributed by atoms with E-state index in [1.165, 1.54) is 0 Å². The SMILES string of the molecule is CC(C)[S@@](=O)c1ccc(C(=O)N2CCC[C@@H](CCC(=O)O)C2)cc1. The molecule has 0 unspecified atom stereocenters. The lowest BCUT2D eigenvalue weighted by atomic mass is 9.93. The maximum Gasteiger partial charge on any atom is 0.303 e. The van der Waals surface area contributed by atoms with Crippen LogP contribution in [0.3, 0.4) is 0 Å². The van der Waals surface area contributed by atoms with E-state index in [4.69, 9.17) is 5.11 Å². The molecular weight excluding hydrogens is 326 g/mol. The van der Waals surface area contributed by atoms with Gasteiger partial charge in [-0.25, -0.2) is 0 Å². The second kappa shape index (κ2) is 8.42. The Hall–Kier alpha value is -1.69. The van der Waals surface area contributed by atoms with Crippen LogP contribution < -0.4 is 0 Å². The summed E-state index contributed by atoms with van der Waals surface area (Å²) >= 11 is 0. The van der Waals surface area contributed by atoms with Crippen molar-refractivity contribution in [1.82, 2.24) is 4.90 Å². The van der Waals surface area contributed by atoms with Crippen LogP contribution in [0.5, 0.6) is 0 Å². The van der Waals surface area contributed by atoms with Gasteiger partial charge in [0.15, 0.2) is 0 Å². The molecule has 1 amide bonds. The molecule has 5 nitrogen and oxygen atoms in total. The van der Waals surface area contributed by atoms with E-state index in [9.17, 15) is 13.8 Å². The number of carboxylic acid groups (broad SMARTS) is 1. The van der Waals surface area contributed by atoms with Crippen molar-refractivity contribution >= 4 is 22.7 Å². The number of carbonyl (C=O) groups is 2. The fraction of sp³-hybridized carbons (Fsp3) is 0.556. The van der Waals surface area contributed by atoms with Gasteiger partial charge in [0.25, 0.3) is 5.91 Å². The molecule has 0 bridgehead atoms. The molecule has 2 rings (SSSR count). The summed E-state index contributed by atoms with van der Waals surface area (Å²) < 4.78 is 12.1. The summed E-state index contributed by atoms with van der Waals surface area (Å²) in [5.41, 5.74) is 0.596. The van der Waals surface area contributed by atoms with Crippen molar-refractivity contribution in [3.05, 3.63) is 29.8 Å². The molecule has 1 aromatic carbocycles. The van der Waals surface area contributed by atoms with E-state index in [2.05, 4.69) is 0 Å². The normalized spacial score (nSPS) is 19.3. The number of amides is 1. The summed E-state index contributed by atoms with van der Waals surface area (Å²) in [6, 6.07) is 6.99. The van der Waals surface area contributed by atoms with Gasteiger partial charge >= 0.3 is 5.97 Å². The van der Waals surface area contributed by atoms with Gasteiger partial charge in [0, 0.05) is 35.2 Å². The maximum atomic E-state index is 12.6. The highest BCUT2D eigenvalue weighted by Crippen LogP contribution is 2.23. The molecule has 6 heteroatoms. The van der Waals surface area contributed by atoms with Crippen molar-refractivity contribution in [3.8, 4) is 0 Å². The third kappa shape index (κ3) is 4.90. The summed E-state index contributed by atoms with van der Waals surface area (Å²) in [5, 5.41) is 8.85. The molecule has 1 fully saturated rings. The second-order valence-electron chi connectivity index (χ2n) is 6.56. The maximum absolute atomic E-state index is 12.6. The van der Waals surface area contributed by atoms with Crippen LogP contribution in [0.1, 0.15) is 49.9 Å². The highest BCUT2D eigenvalue weighted by molar-refractivity contribution is 7.85. The van der Waals surface area contributed by atoms with E-state index in [1.807, 2.05) is 18.7 Å². The lowest BCUT2D eigenvalue weighted by Gasteiger charge is -2.32. The third-order valence-electron chi connectivity index (χ3n) is 4.33. The van der Waals surface area contributed by atoms with Gasteiger partial charge in [0.05, 0.1) is 10.8 Å². The van der Waals surface area contributed by atoms with Crippen molar-refractivity contribution in [2.24, 2.45) is 5.92 Å². The average Bonchev–Trinajstić information content (AvgIpc) is 2.59. The highest BCUT2D eigenvalue weighted by atomic mass is 32.2. The quantitative estimate of drug-likeness (QED) is 0.855. The Morgan fingerprint density at radius 1 is 1.29 bits per heavy atom. The molecule has 1 N–H and O–H groups in total. The first-order chi connectivity index (χ1) is 11.4. The van der Waals surface area contributed by atoms with Crippen molar-refractivity contribution < 1.29 is 18.9 Å². The summed E-state index contributed by atoms with van der Waals surface area (Å²) in [6.07, 6.45) is 2.66. The minimum absolute atomic E-state index is 0.0306. The monoisotopic (exact) mass is 351 g/mol. The van der Waals surface area contributed by atoms with Gasteiger partial charge in [-0.1, -0.05) is 13.8 Å². The van der Waals surface area contributed by atoms with E-state index in [-0.39, 0.29) is 23.5 Å². The zero-order valence-electron chi connectivity index (χ0n) is 14.2. The molecule has 1 aliphatic heterocycles. The molecule has 0 spiro atoms. The standard InChI is InChI=1S/C18H25NO4S/c1-13(2)24(23)16-8-6-15(7-9-16)18(22)19-11-3-4-14(12-19)5-10-17(20)21/h6-9,13-14H,3-5,10-12H2,1-2H3,(H,20,21)/t14-,24+/m0/s1. The van der Waals surface area contributed by atoms with Crippen LogP contribution in [-0.2, 0) is 15.6 Å². The molecule has 1 heterocycles. The number of piperidine rings is 1. The zero-order chi connectivity index (χ0) is 17.7. The van der Waals surface area contributed by atoms with Crippen molar-refractivity contribution in [2.75, 3.05) is 13.1 Å². The van der Waals surface area contributed by atoms with E-state index < -0.39 is 16.8 Å². The number of benzene rings is 1. The van der Waals surface area contributed by atoms with Gasteiger partial charge < -0.3 is 10.0 Å². The van der Waals surface area contributed by atoms with E-state index in [1.54, 1.807) is 24.3 Å². The molecule has 0 aliphatic carbocycles. The largest absolute Gasteiger partial charge is 0.481 e. The first kappa shape index (κ1) is 18.6. The molecule has 0 aromatic heterocycles. The van der Waals surface area contributed by atoms with Gasteiger partial charge in [0.2, 0.25) is 0 Å². The van der Waals surface area contributed by atoms with Crippen LogP contribution in [0.2, 0.25) is 0 Å². The molecule has 1 aromatic rings. The number of likely N-dealkylation sites (tertiary alicyclic amines) is 1. The van der Waals surface area contributed by atoms with E-state index in [0.29, 0.717) is 25.1 Å². The Labute approximate surface area is 145 Å². The first-order valence-electron chi connectivity index (χ1n) is 8.40. The smallest absolute Gasteiger partial charge is 0.303 e. The fourth-order valence-corrected chi connectivity index (χ4v) is 3.95. The van der Waals surface area contributed by atoms with Gasteiger partial charge in [0.1, 0.15) is 0 Å².